The third-order valence-corrected chi connectivity index (χ3v) is 4.00. The summed E-state index contributed by atoms with van der Waals surface area (Å²) in [7, 11) is 0. The minimum Gasteiger partial charge on any atom is -0.396 e. The van der Waals surface area contributed by atoms with Gasteiger partial charge < -0.3 is 10.2 Å². The highest BCUT2D eigenvalue weighted by Gasteiger charge is 2.32. The van der Waals surface area contributed by atoms with E-state index in [4.69, 9.17) is 5.11 Å². The van der Waals surface area contributed by atoms with Gasteiger partial charge in [0, 0.05) is 25.1 Å². The normalized spacial score (nSPS) is 11.6. The summed E-state index contributed by atoms with van der Waals surface area (Å²) in [6.07, 6.45) is 0.894. The number of nitrogens with one attached hydrogen (secondary N) is 1. The molecule has 0 aliphatic rings. The molecule has 3 aromatic rings. The molecular formula is C19H20N2O2. The van der Waals surface area contributed by atoms with Gasteiger partial charge in [0.15, 0.2) is 0 Å². The quantitative estimate of drug-likeness (QED) is 0.655. The van der Waals surface area contributed by atoms with Crippen LogP contribution in [0, 0.1) is 0 Å². The minimum atomic E-state index is -1.13. The second-order valence-corrected chi connectivity index (χ2v) is 5.63. The van der Waals surface area contributed by atoms with Crippen LogP contribution >= 0.6 is 0 Å². The van der Waals surface area contributed by atoms with Crippen molar-refractivity contribution in [2.45, 2.75) is 18.4 Å². The topological polar surface area (TPSA) is 69.1 Å². The molecular weight excluding hydrogens is 288 g/mol. The minimum absolute atomic E-state index is 0.0614. The zero-order chi connectivity index (χ0) is 16.1. The van der Waals surface area contributed by atoms with Gasteiger partial charge in [-0.05, 0) is 17.2 Å². The molecule has 0 aliphatic carbocycles. The number of rotatable bonds is 6. The monoisotopic (exact) mass is 308 g/mol. The van der Waals surface area contributed by atoms with Crippen molar-refractivity contribution in [3.05, 3.63) is 89.2 Å². The van der Waals surface area contributed by atoms with Gasteiger partial charge in [0.1, 0.15) is 5.60 Å². The summed E-state index contributed by atoms with van der Waals surface area (Å²) in [6.45, 7) is 0.0614. The van der Waals surface area contributed by atoms with Crippen molar-refractivity contribution < 1.29 is 10.2 Å². The van der Waals surface area contributed by atoms with Crippen molar-refractivity contribution in [3.8, 4) is 0 Å². The van der Waals surface area contributed by atoms with Crippen LogP contribution in [0.2, 0.25) is 0 Å². The molecule has 0 spiro atoms. The first-order valence-corrected chi connectivity index (χ1v) is 7.70. The summed E-state index contributed by atoms with van der Waals surface area (Å²) in [4.78, 5) is 0. The molecule has 0 unspecified atom stereocenters. The van der Waals surface area contributed by atoms with E-state index in [1.807, 2.05) is 66.7 Å². The Morgan fingerprint density at radius 2 is 1.48 bits per heavy atom. The van der Waals surface area contributed by atoms with Gasteiger partial charge in [-0.25, -0.2) is 0 Å². The van der Waals surface area contributed by atoms with Crippen LogP contribution in [0.15, 0.2) is 66.7 Å². The van der Waals surface area contributed by atoms with Gasteiger partial charge in [-0.2, -0.15) is 5.10 Å². The highest BCUT2D eigenvalue weighted by molar-refractivity contribution is 5.37. The van der Waals surface area contributed by atoms with Crippen LogP contribution in [-0.4, -0.2) is 27.0 Å². The molecule has 4 nitrogen and oxygen atoms in total. The first-order chi connectivity index (χ1) is 11.2. The molecule has 4 heteroatoms. The lowest BCUT2D eigenvalue weighted by molar-refractivity contribution is 0.0800. The predicted octanol–water partition coefficient (Wildman–Crippen LogP) is 2.42. The van der Waals surface area contributed by atoms with E-state index < -0.39 is 5.60 Å². The summed E-state index contributed by atoms with van der Waals surface area (Å²) >= 11 is 0. The van der Waals surface area contributed by atoms with E-state index in [0.717, 1.165) is 22.5 Å². The number of H-pyrrole nitrogens is 1. The lowest BCUT2D eigenvalue weighted by Crippen LogP contribution is -2.30. The molecule has 1 heterocycles. The van der Waals surface area contributed by atoms with Crippen LogP contribution in [0.5, 0.6) is 0 Å². The molecule has 2 aromatic carbocycles. The van der Waals surface area contributed by atoms with E-state index in [2.05, 4.69) is 10.2 Å². The van der Waals surface area contributed by atoms with Crippen LogP contribution in [0.4, 0.5) is 0 Å². The average molecular weight is 308 g/mol. The highest BCUT2D eigenvalue weighted by Crippen LogP contribution is 2.32. The van der Waals surface area contributed by atoms with Gasteiger partial charge in [0.2, 0.25) is 0 Å². The molecule has 0 bridgehead atoms. The number of nitrogens with zero attached hydrogens (tertiary/aromatic N) is 1. The molecule has 118 valence electrons. The standard InChI is InChI=1S/C19H20N2O2/c22-12-11-17-13-18(21-20-17)14-19(23,15-7-3-1-4-8-15)16-9-5-2-6-10-16/h1-10,13,22-23H,11-12,14H2,(H,20,21). The van der Waals surface area contributed by atoms with Crippen molar-refractivity contribution in [3.63, 3.8) is 0 Å². The summed E-state index contributed by atoms with van der Waals surface area (Å²) in [5, 5.41) is 27.6. The number of hydrogen-bond acceptors (Lipinski definition) is 3. The molecule has 3 N–H and O–H groups in total. The maximum absolute atomic E-state index is 11.4. The Bertz CT molecular complexity index is 699. The zero-order valence-electron chi connectivity index (χ0n) is 12.8. The highest BCUT2D eigenvalue weighted by atomic mass is 16.3. The Kier molecular flexibility index (Phi) is 4.55. The summed E-state index contributed by atoms with van der Waals surface area (Å²) in [5.41, 5.74) is 2.18. The van der Waals surface area contributed by atoms with Gasteiger partial charge in [-0.15, -0.1) is 0 Å². The van der Waals surface area contributed by atoms with E-state index in [0.29, 0.717) is 12.8 Å². The molecule has 0 saturated carbocycles. The fourth-order valence-electron chi connectivity index (χ4n) is 2.82. The van der Waals surface area contributed by atoms with Crippen molar-refractivity contribution in [2.75, 3.05) is 6.61 Å². The predicted molar refractivity (Wildman–Crippen MR) is 89.0 cm³/mol. The molecule has 0 radical (unpaired) electrons. The first kappa shape index (κ1) is 15.5. The molecule has 0 saturated heterocycles. The van der Waals surface area contributed by atoms with Crippen molar-refractivity contribution >= 4 is 0 Å². The maximum Gasteiger partial charge on any atom is 0.120 e. The number of aliphatic hydroxyl groups is 2. The van der Waals surface area contributed by atoms with Crippen LogP contribution in [-0.2, 0) is 18.4 Å². The molecule has 3 rings (SSSR count). The fourth-order valence-corrected chi connectivity index (χ4v) is 2.82. The molecule has 0 amide bonds. The van der Waals surface area contributed by atoms with Crippen LogP contribution in [0.1, 0.15) is 22.5 Å². The van der Waals surface area contributed by atoms with E-state index in [9.17, 15) is 5.11 Å². The molecule has 0 atom stereocenters. The van der Waals surface area contributed by atoms with Crippen LogP contribution < -0.4 is 0 Å². The lowest BCUT2D eigenvalue weighted by atomic mass is 9.82. The zero-order valence-corrected chi connectivity index (χ0v) is 12.8. The van der Waals surface area contributed by atoms with Crippen LogP contribution in [0.3, 0.4) is 0 Å². The molecule has 0 fully saturated rings. The van der Waals surface area contributed by atoms with Crippen molar-refractivity contribution in [1.82, 2.24) is 10.2 Å². The van der Waals surface area contributed by atoms with E-state index in [1.165, 1.54) is 0 Å². The number of aromatic nitrogens is 2. The largest absolute Gasteiger partial charge is 0.396 e. The molecule has 0 aliphatic heterocycles. The van der Waals surface area contributed by atoms with E-state index in [1.54, 1.807) is 0 Å². The Morgan fingerprint density at radius 1 is 0.913 bits per heavy atom. The van der Waals surface area contributed by atoms with Crippen molar-refractivity contribution in [1.29, 1.82) is 0 Å². The number of aliphatic hydroxyl groups excluding tert-OH is 1. The molecule has 23 heavy (non-hydrogen) atoms. The lowest BCUT2D eigenvalue weighted by Gasteiger charge is -2.29. The van der Waals surface area contributed by atoms with Crippen molar-refractivity contribution in [2.24, 2.45) is 0 Å². The molecule has 1 aromatic heterocycles. The smallest absolute Gasteiger partial charge is 0.120 e. The average Bonchev–Trinajstić information content (AvgIpc) is 3.03. The second-order valence-electron chi connectivity index (χ2n) is 5.63. The fraction of sp³-hybridized carbons (Fsp3) is 0.211. The summed E-state index contributed by atoms with van der Waals surface area (Å²) in [6, 6.07) is 21.2. The van der Waals surface area contributed by atoms with Gasteiger partial charge in [0.25, 0.3) is 0 Å². The summed E-state index contributed by atoms with van der Waals surface area (Å²) in [5.74, 6) is 0. The van der Waals surface area contributed by atoms with Gasteiger partial charge in [-0.3, -0.25) is 5.10 Å². The van der Waals surface area contributed by atoms with E-state index in [-0.39, 0.29) is 6.61 Å². The summed E-state index contributed by atoms with van der Waals surface area (Å²) < 4.78 is 0. The van der Waals surface area contributed by atoms with Crippen LogP contribution in [0.25, 0.3) is 0 Å². The Balaban J connectivity index is 1.98. The number of aromatic amines is 1. The SMILES string of the molecule is OCCc1cc(CC(O)(c2ccccc2)c2ccccc2)[nH]n1. The second kappa shape index (κ2) is 6.77. The Labute approximate surface area is 135 Å². The third kappa shape index (κ3) is 3.33. The number of hydrogen-bond donors (Lipinski definition) is 3. The van der Waals surface area contributed by atoms with Gasteiger partial charge in [0.05, 0.1) is 5.69 Å². The number of benzene rings is 2. The first-order valence-electron chi connectivity index (χ1n) is 7.70. The van der Waals surface area contributed by atoms with Gasteiger partial charge >= 0.3 is 0 Å². The van der Waals surface area contributed by atoms with E-state index >= 15 is 0 Å². The third-order valence-electron chi connectivity index (χ3n) is 4.00. The maximum atomic E-state index is 11.4. The Hall–Kier alpha value is -2.43. The Morgan fingerprint density at radius 3 is 2.00 bits per heavy atom. The van der Waals surface area contributed by atoms with Gasteiger partial charge in [-0.1, -0.05) is 60.7 Å².